The normalized spacial score (nSPS) is 19.4. The summed E-state index contributed by atoms with van der Waals surface area (Å²) >= 11 is 6.34. The van der Waals surface area contributed by atoms with Crippen molar-refractivity contribution in [3.05, 3.63) is 85.4 Å². The minimum atomic E-state index is 0.786. The van der Waals surface area contributed by atoms with Crippen LogP contribution in [0.5, 0.6) is 11.5 Å². The first kappa shape index (κ1) is 20.4. The second-order valence-electron chi connectivity index (χ2n) is 10.9. The van der Waals surface area contributed by atoms with Gasteiger partial charge in [0.05, 0.1) is 5.56 Å². The van der Waals surface area contributed by atoms with Crippen molar-refractivity contribution in [3.63, 3.8) is 0 Å². The van der Waals surface area contributed by atoms with E-state index in [0.717, 1.165) is 42.2 Å². The predicted molar refractivity (Wildman–Crippen MR) is 142 cm³/mol. The summed E-state index contributed by atoms with van der Waals surface area (Å²) in [6.07, 6.45) is 9.45. The van der Waals surface area contributed by atoms with Gasteiger partial charge in [0.25, 0.3) is 0 Å². The Morgan fingerprint density at radius 1 is 0.771 bits per heavy atom. The summed E-state index contributed by atoms with van der Waals surface area (Å²) in [5.41, 5.74) is 11.2. The highest BCUT2D eigenvalue weighted by Gasteiger charge is 2.35. The highest BCUT2D eigenvalue weighted by atomic mass is 35.5. The summed E-state index contributed by atoms with van der Waals surface area (Å²) in [5, 5.41) is 3.55. The second-order valence-corrected chi connectivity index (χ2v) is 11.3. The molecule has 5 aliphatic rings. The topological polar surface area (TPSA) is 15.5 Å². The Hall–Kier alpha value is -2.78. The summed E-state index contributed by atoms with van der Waals surface area (Å²) in [6, 6.07) is 13.4. The molecule has 4 heteroatoms. The van der Waals surface area contributed by atoms with Crippen LogP contribution in [-0.4, -0.2) is 26.2 Å². The lowest BCUT2D eigenvalue weighted by Gasteiger charge is -2.39. The fourth-order valence-electron chi connectivity index (χ4n) is 7.44. The van der Waals surface area contributed by atoms with Gasteiger partial charge in [0.1, 0.15) is 24.6 Å². The van der Waals surface area contributed by atoms with Gasteiger partial charge in [-0.25, -0.2) is 4.58 Å². The molecule has 0 atom stereocenters. The summed E-state index contributed by atoms with van der Waals surface area (Å²) in [5.74, 6) is 2.24. The maximum atomic E-state index is 7.09. The number of aryl methyl sites for hydroxylation is 2. The van der Waals surface area contributed by atoms with Crippen LogP contribution >= 0.6 is 11.6 Å². The number of hydrogen-bond acceptors (Lipinski definition) is 2. The van der Waals surface area contributed by atoms with Gasteiger partial charge >= 0.3 is 0 Å². The first-order chi connectivity index (χ1) is 17.3. The molecule has 5 aliphatic heterocycles. The molecule has 5 heterocycles. The van der Waals surface area contributed by atoms with Gasteiger partial charge in [-0.2, -0.15) is 0 Å². The first-order valence-corrected chi connectivity index (χ1v) is 13.8. The van der Waals surface area contributed by atoms with Gasteiger partial charge in [-0.1, -0.05) is 23.7 Å². The monoisotopic (exact) mass is 481 g/mol. The Balaban J connectivity index is 1.52. The molecule has 0 unspecified atom stereocenters. The number of hydrogen-bond donors (Lipinski definition) is 0. The third kappa shape index (κ3) is 2.94. The Bertz CT molecular complexity index is 1530. The van der Waals surface area contributed by atoms with Crippen molar-refractivity contribution in [2.24, 2.45) is 0 Å². The lowest BCUT2D eigenvalue weighted by molar-refractivity contribution is 0.431. The average Bonchev–Trinajstić information content (AvgIpc) is 2.89. The van der Waals surface area contributed by atoms with E-state index >= 15 is 0 Å². The van der Waals surface area contributed by atoms with E-state index < -0.39 is 0 Å². The standard InChI is InChI=1S/C31H30ClN2O/c32-22-11-9-19(10-12-22)27-25-17-20-5-1-13-33-15-3-7-23(28(20)33)30(25)35-31-24-8-4-16-34-14-2-6-21(29(24)34)18-26(27)31/h9-12,17-18H,1-8,13-16H2/q+1. The SMILES string of the molecule is Clc1ccc(C2=c3cc4c5c(c3Oc3c2cc2c6c3CCCN6CCC2)CCC[N+]=5CCC4)cc1. The van der Waals surface area contributed by atoms with E-state index in [1.54, 1.807) is 0 Å². The number of anilines is 1. The number of rotatable bonds is 1. The van der Waals surface area contributed by atoms with Crippen LogP contribution in [0.1, 0.15) is 59.1 Å². The highest BCUT2D eigenvalue weighted by molar-refractivity contribution is 6.30. The fraction of sp³-hybridized carbons (Fsp3) is 0.387. The maximum Gasteiger partial charge on any atom is 0.210 e. The maximum absolute atomic E-state index is 7.09. The van der Waals surface area contributed by atoms with Crippen molar-refractivity contribution < 1.29 is 4.74 Å². The molecule has 35 heavy (non-hydrogen) atoms. The Kier molecular flexibility index (Phi) is 4.44. The summed E-state index contributed by atoms with van der Waals surface area (Å²) < 4.78 is 9.72. The molecule has 0 radical (unpaired) electrons. The van der Waals surface area contributed by atoms with E-state index in [2.05, 4.69) is 33.7 Å². The molecule has 0 saturated carbocycles. The lowest BCUT2D eigenvalue weighted by Crippen LogP contribution is -2.45. The molecule has 3 aromatic carbocycles. The molecule has 3 aromatic rings. The Morgan fingerprint density at radius 2 is 1.51 bits per heavy atom. The van der Waals surface area contributed by atoms with Crippen LogP contribution in [0.4, 0.5) is 5.69 Å². The van der Waals surface area contributed by atoms with Crippen LogP contribution < -0.4 is 24.8 Å². The van der Waals surface area contributed by atoms with Crippen molar-refractivity contribution in [3.8, 4) is 11.5 Å². The molecule has 0 N–H and O–H groups in total. The van der Waals surface area contributed by atoms with Gasteiger partial charge < -0.3 is 9.64 Å². The van der Waals surface area contributed by atoms with Crippen LogP contribution in [0.3, 0.4) is 0 Å². The summed E-state index contributed by atoms with van der Waals surface area (Å²) in [6.45, 7) is 4.71. The van der Waals surface area contributed by atoms with E-state index in [-0.39, 0.29) is 0 Å². The third-order valence-corrected chi connectivity index (χ3v) is 9.07. The van der Waals surface area contributed by atoms with E-state index in [4.69, 9.17) is 16.3 Å². The molecule has 0 aromatic heterocycles. The van der Waals surface area contributed by atoms with Crippen molar-refractivity contribution in [1.82, 2.24) is 4.58 Å². The van der Waals surface area contributed by atoms with Crippen LogP contribution in [0.25, 0.3) is 5.57 Å². The van der Waals surface area contributed by atoms with Crippen LogP contribution in [-0.2, 0) is 25.7 Å². The zero-order chi connectivity index (χ0) is 23.1. The predicted octanol–water partition coefficient (Wildman–Crippen LogP) is 4.78. The average molecular weight is 482 g/mol. The second kappa shape index (κ2) is 7.61. The minimum Gasteiger partial charge on any atom is -0.455 e. The van der Waals surface area contributed by atoms with E-state index in [0.29, 0.717) is 0 Å². The quantitative estimate of drug-likeness (QED) is 0.364. The smallest absolute Gasteiger partial charge is 0.210 e. The van der Waals surface area contributed by atoms with Crippen molar-refractivity contribution in [1.29, 1.82) is 0 Å². The van der Waals surface area contributed by atoms with Gasteiger partial charge in [0.15, 0.2) is 0 Å². The van der Waals surface area contributed by atoms with E-state index in [9.17, 15) is 0 Å². The lowest BCUT2D eigenvalue weighted by atomic mass is 9.82. The molecule has 176 valence electrons. The van der Waals surface area contributed by atoms with Gasteiger partial charge in [-0.15, -0.1) is 0 Å². The summed E-state index contributed by atoms with van der Waals surface area (Å²) in [7, 11) is 0. The number of fused-ring (bicyclic) bond motifs is 4. The zero-order valence-electron chi connectivity index (χ0n) is 20.1. The summed E-state index contributed by atoms with van der Waals surface area (Å²) in [4.78, 5) is 2.62. The Morgan fingerprint density at radius 3 is 2.37 bits per heavy atom. The largest absolute Gasteiger partial charge is 0.455 e. The van der Waals surface area contributed by atoms with E-state index in [1.165, 1.54) is 107 Å². The fourth-order valence-corrected chi connectivity index (χ4v) is 7.57. The number of halogens is 1. The first-order valence-electron chi connectivity index (χ1n) is 13.4. The van der Waals surface area contributed by atoms with Gasteiger partial charge in [-0.3, -0.25) is 0 Å². The molecular formula is C31H30ClN2O+. The molecule has 0 saturated heterocycles. The van der Waals surface area contributed by atoms with Crippen LogP contribution in [0.2, 0.25) is 5.02 Å². The highest BCUT2D eigenvalue weighted by Crippen LogP contribution is 2.48. The molecule has 0 fully saturated rings. The minimum absolute atomic E-state index is 0.786. The molecule has 0 amide bonds. The van der Waals surface area contributed by atoms with Crippen molar-refractivity contribution >= 4 is 22.9 Å². The molecule has 0 spiro atoms. The number of benzene rings is 3. The van der Waals surface area contributed by atoms with Crippen LogP contribution in [0.15, 0.2) is 36.4 Å². The molecular weight excluding hydrogens is 452 g/mol. The van der Waals surface area contributed by atoms with Gasteiger partial charge in [0, 0.05) is 64.1 Å². The zero-order valence-corrected chi connectivity index (χ0v) is 20.9. The van der Waals surface area contributed by atoms with Crippen molar-refractivity contribution in [2.75, 3.05) is 31.1 Å². The molecule has 0 aliphatic carbocycles. The van der Waals surface area contributed by atoms with Gasteiger partial charge in [0.2, 0.25) is 5.36 Å². The van der Waals surface area contributed by atoms with Gasteiger partial charge in [-0.05, 0) is 73.9 Å². The number of ether oxygens (including phenoxy) is 1. The Labute approximate surface area is 211 Å². The number of nitrogens with zero attached hydrogens (tertiary/aromatic N) is 2. The van der Waals surface area contributed by atoms with Crippen molar-refractivity contribution in [2.45, 2.75) is 51.4 Å². The van der Waals surface area contributed by atoms with Crippen LogP contribution in [0, 0.1) is 0 Å². The molecule has 3 nitrogen and oxygen atoms in total. The molecule has 0 bridgehead atoms. The van der Waals surface area contributed by atoms with E-state index in [1.807, 2.05) is 12.1 Å². The third-order valence-electron chi connectivity index (χ3n) is 8.82. The molecule has 8 rings (SSSR count).